The van der Waals surface area contributed by atoms with Crippen molar-refractivity contribution < 1.29 is 9.47 Å². The molecule has 0 radical (unpaired) electrons. The average molecular weight is 306 g/mol. The lowest BCUT2D eigenvalue weighted by atomic mass is 10.3. The fourth-order valence-corrected chi connectivity index (χ4v) is 1.68. The van der Waals surface area contributed by atoms with Gasteiger partial charge in [-0.1, -0.05) is 0 Å². The number of benzene rings is 1. The highest BCUT2D eigenvalue weighted by Gasteiger charge is 2.07. The first kappa shape index (κ1) is 12.3. The highest BCUT2D eigenvalue weighted by atomic mass is 79.9. The van der Waals surface area contributed by atoms with E-state index in [-0.39, 0.29) is 11.7 Å². The van der Waals surface area contributed by atoms with Gasteiger partial charge in [-0.3, -0.25) is 0 Å². The van der Waals surface area contributed by atoms with E-state index in [0.717, 1.165) is 0 Å². The van der Waals surface area contributed by atoms with Gasteiger partial charge in [-0.05, 0) is 40.2 Å². The van der Waals surface area contributed by atoms with Crippen molar-refractivity contribution in [3.8, 4) is 23.6 Å². The van der Waals surface area contributed by atoms with Crippen molar-refractivity contribution in [3.63, 3.8) is 0 Å². The van der Waals surface area contributed by atoms with Gasteiger partial charge in [0.2, 0.25) is 0 Å². The van der Waals surface area contributed by atoms with Gasteiger partial charge in [0, 0.05) is 6.20 Å². The van der Waals surface area contributed by atoms with E-state index in [0.29, 0.717) is 16.0 Å². The largest absolute Gasteiger partial charge is 0.497 e. The van der Waals surface area contributed by atoms with Crippen LogP contribution in [-0.4, -0.2) is 17.1 Å². The molecule has 0 saturated carbocycles. The maximum absolute atomic E-state index is 8.73. The second kappa shape index (κ2) is 5.47. The molecule has 0 saturated heterocycles. The number of halogens is 1. The van der Waals surface area contributed by atoms with Crippen molar-refractivity contribution in [2.45, 2.75) is 0 Å². The molecular weight excluding hydrogens is 298 g/mol. The molecule has 2 rings (SSSR count). The van der Waals surface area contributed by atoms with Crippen LogP contribution >= 0.6 is 15.9 Å². The van der Waals surface area contributed by atoms with Crippen LogP contribution in [0.5, 0.6) is 17.5 Å². The quantitative estimate of drug-likeness (QED) is 0.872. The minimum Gasteiger partial charge on any atom is -0.497 e. The van der Waals surface area contributed by atoms with Gasteiger partial charge in [0.05, 0.1) is 11.6 Å². The van der Waals surface area contributed by atoms with E-state index in [1.165, 1.54) is 12.3 Å². The second-order valence-electron chi connectivity index (χ2n) is 3.23. The molecule has 1 heterocycles. The molecule has 0 atom stereocenters. The molecule has 2 aromatic rings. The molecule has 18 heavy (non-hydrogen) atoms. The molecule has 1 aromatic heterocycles. The Hall–Kier alpha value is -2.13. The van der Waals surface area contributed by atoms with Gasteiger partial charge < -0.3 is 9.47 Å². The second-order valence-corrected chi connectivity index (χ2v) is 4.09. The molecule has 90 valence electrons. The first-order chi connectivity index (χ1) is 8.72. The SMILES string of the molecule is COc1ccc(Oc2nccc(C#N)n2)c(Br)c1. The summed E-state index contributed by atoms with van der Waals surface area (Å²) in [6.07, 6.45) is 1.47. The van der Waals surface area contributed by atoms with Gasteiger partial charge in [-0.15, -0.1) is 0 Å². The van der Waals surface area contributed by atoms with Crippen molar-refractivity contribution in [2.24, 2.45) is 0 Å². The van der Waals surface area contributed by atoms with Gasteiger partial charge in [0.25, 0.3) is 0 Å². The molecule has 0 aliphatic rings. The number of hydrogen-bond acceptors (Lipinski definition) is 5. The maximum atomic E-state index is 8.73. The molecule has 0 amide bonds. The molecule has 0 bridgehead atoms. The van der Waals surface area contributed by atoms with Crippen molar-refractivity contribution >= 4 is 15.9 Å². The molecule has 6 heteroatoms. The predicted molar refractivity (Wildman–Crippen MR) is 67.5 cm³/mol. The van der Waals surface area contributed by atoms with Gasteiger partial charge >= 0.3 is 6.01 Å². The van der Waals surface area contributed by atoms with Crippen molar-refractivity contribution in [3.05, 3.63) is 40.6 Å². The maximum Gasteiger partial charge on any atom is 0.323 e. The van der Waals surface area contributed by atoms with Crippen LogP contribution in [0.3, 0.4) is 0 Å². The molecule has 5 nitrogen and oxygen atoms in total. The summed E-state index contributed by atoms with van der Waals surface area (Å²) in [5, 5.41) is 8.73. The topological polar surface area (TPSA) is 68.0 Å². The zero-order chi connectivity index (χ0) is 13.0. The van der Waals surface area contributed by atoms with Crippen LogP contribution in [0.2, 0.25) is 0 Å². The van der Waals surface area contributed by atoms with Crippen molar-refractivity contribution in [1.82, 2.24) is 9.97 Å². The number of methoxy groups -OCH3 is 1. The number of nitrogens with zero attached hydrogens (tertiary/aromatic N) is 3. The molecule has 0 fully saturated rings. The molecule has 0 unspecified atom stereocenters. The smallest absolute Gasteiger partial charge is 0.323 e. The lowest BCUT2D eigenvalue weighted by Gasteiger charge is -2.07. The highest BCUT2D eigenvalue weighted by Crippen LogP contribution is 2.31. The first-order valence-electron chi connectivity index (χ1n) is 4.97. The van der Waals surface area contributed by atoms with E-state index >= 15 is 0 Å². The Labute approximate surface area is 112 Å². The van der Waals surface area contributed by atoms with Gasteiger partial charge in [0.15, 0.2) is 0 Å². The Morgan fingerprint density at radius 3 is 2.83 bits per heavy atom. The number of hydrogen-bond donors (Lipinski definition) is 0. The van der Waals surface area contributed by atoms with E-state index in [2.05, 4.69) is 25.9 Å². The third-order valence-corrected chi connectivity index (χ3v) is 2.71. The Balaban J connectivity index is 2.26. The standard InChI is InChI=1S/C12H8BrN3O2/c1-17-9-2-3-11(10(13)6-9)18-12-15-5-4-8(7-14)16-12/h2-6H,1H3. The molecule has 0 spiro atoms. The molecular formula is C12H8BrN3O2. The van der Waals surface area contributed by atoms with Crippen LogP contribution in [0.25, 0.3) is 0 Å². The minimum absolute atomic E-state index is 0.125. The van der Waals surface area contributed by atoms with Crippen molar-refractivity contribution in [1.29, 1.82) is 5.26 Å². The third kappa shape index (κ3) is 2.76. The van der Waals surface area contributed by atoms with E-state index in [9.17, 15) is 0 Å². The Kier molecular flexibility index (Phi) is 3.75. The van der Waals surface area contributed by atoms with E-state index in [4.69, 9.17) is 14.7 Å². The van der Waals surface area contributed by atoms with Gasteiger partial charge in [0.1, 0.15) is 23.3 Å². The Bertz CT molecular complexity index is 611. The average Bonchev–Trinajstić information content (AvgIpc) is 2.41. The highest BCUT2D eigenvalue weighted by molar-refractivity contribution is 9.10. The summed E-state index contributed by atoms with van der Waals surface area (Å²) in [7, 11) is 1.59. The minimum atomic E-state index is 0.125. The monoisotopic (exact) mass is 305 g/mol. The predicted octanol–water partition coefficient (Wildman–Crippen LogP) is 2.91. The number of aromatic nitrogens is 2. The molecule has 0 aliphatic heterocycles. The van der Waals surface area contributed by atoms with Crippen LogP contribution in [-0.2, 0) is 0 Å². The van der Waals surface area contributed by atoms with Crippen LogP contribution in [0.4, 0.5) is 0 Å². The van der Waals surface area contributed by atoms with E-state index in [1.807, 2.05) is 6.07 Å². The van der Waals surface area contributed by atoms with Crippen LogP contribution in [0.1, 0.15) is 5.69 Å². The fourth-order valence-electron chi connectivity index (χ4n) is 1.24. The normalized spacial score (nSPS) is 9.61. The summed E-state index contributed by atoms with van der Waals surface area (Å²) in [6.45, 7) is 0. The summed E-state index contributed by atoms with van der Waals surface area (Å²) in [5.41, 5.74) is 0.254. The lowest BCUT2D eigenvalue weighted by Crippen LogP contribution is -1.94. The van der Waals surface area contributed by atoms with E-state index < -0.39 is 0 Å². The Morgan fingerprint density at radius 2 is 2.17 bits per heavy atom. The van der Waals surface area contributed by atoms with Crippen LogP contribution < -0.4 is 9.47 Å². The number of rotatable bonds is 3. The van der Waals surface area contributed by atoms with E-state index in [1.54, 1.807) is 25.3 Å². The molecule has 0 aliphatic carbocycles. The van der Waals surface area contributed by atoms with Gasteiger partial charge in [-0.25, -0.2) is 4.98 Å². The molecule has 1 aromatic carbocycles. The van der Waals surface area contributed by atoms with Gasteiger partial charge in [-0.2, -0.15) is 10.2 Å². The lowest BCUT2D eigenvalue weighted by molar-refractivity contribution is 0.409. The summed E-state index contributed by atoms with van der Waals surface area (Å²) in [4.78, 5) is 7.85. The summed E-state index contributed by atoms with van der Waals surface area (Å²) >= 11 is 3.36. The zero-order valence-electron chi connectivity index (χ0n) is 9.42. The first-order valence-corrected chi connectivity index (χ1v) is 5.77. The fraction of sp³-hybridized carbons (Fsp3) is 0.0833. The summed E-state index contributed by atoms with van der Waals surface area (Å²) in [6, 6.07) is 8.81. The number of ether oxygens (including phenoxy) is 2. The Morgan fingerprint density at radius 1 is 1.33 bits per heavy atom. The molecule has 0 N–H and O–H groups in total. The number of nitriles is 1. The zero-order valence-corrected chi connectivity index (χ0v) is 11.0. The van der Waals surface area contributed by atoms with Crippen molar-refractivity contribution in [2.75, 3.05) is 7.11 Å². The van der Waals surface area contributed by atoms with Crippen LogP contribution in [0, 0.1) is 11.3 Å². The third-order valence-electron chi connectivity index (χ3n) is 2.09. The summed E-state index contributed by atoms with van der Waals surface area (Å²) in [5.74, 6) is 1.26. The summed E-state index contributed by atoms with van der Waals surface area (Å²) < 4.78 is 11.3. The van der Waals surface area contributed by atoms with Crippen LogP contribution in [0.15, 0.2) is 34.9 Å².